The van der Waals surface area contributed by atoms with Gasteiger partial charge in [-0.3, -0.25) is 9.59 Å². The number of hydrogen-bond donors (Lipinski definition) is 1. The standard InChI is InChI=1S/C14H20N2O3S/c1-9-15-12(8-20-9)7-16(2)13(17)10-4-3-5-11(6-10)14(18)19/h8,10-11H,3-7H2,1-2H3,(H,18,19)/t10-,11-/m0/s1. The van der Waals surface area contributed by atoms with Gasteiger partial charge in [0, 0.05) is 18.3 Å². The predicted molar refractivity (Wildman–Crippen MR) is 76.4 cm³/mol. The number of thiazole rings is 1. The van der Waals surface area contributed by atoms with Gasteiger partial charge in [0.2, 0.25) is 5.91 Å². The molecule has 0 aliphatic heterocycles. The SMILES string of the molecule is Cc1nc(CN(C)C(=O)[C@H]2CCC[C@H](C(=O)O)C2)cs1. The summed E-state index contributed by atoms with van der Waals surface area (Å²) >= 11 is 1.57. The molecule has 0 spiro atoms. The molecule has 6 heteroatoms. The number of hydrogen-bond acceptors (Lipinski definition) is 4. The number of nitrogens with zero attached hydrogens (tertiary/aromatic N) is 2. The summed E-state index contributed by atoms with van der Waals surface area (Å²) in [6.07, 6.45) is 2.77. The van der Waals surface area contributed by atoms with Crippen molar-refractivity contribution in [2.45, 2.75) is 39.2 Å². The second-order valence-corrected chi connectivity index (χ2v) is 6.51. The van der Waals surface area contributed by atoms with Gasteiger partial charge in [0.15, 0.2) is 0 Å². The normalized spacial score (nSPS) is 22.5. The predicted octanol–water partition coefficient (Wildman–Crippen LogP) is 2.30. The van der Waals surface area contributed by atoms with Gasteiger partial charge >= 0.3 is 5.97 Å². The monoisotopic (exact) mass is 296 g/mol. The van der Waals surface area contributed by atoms with Crippen LogP contribution in [0.15, 0.2) is 5.38 Å². The lowest BCUT2D eigenvalue weighted by atomic mass is 9.81. The minimum absolute atomic E-state index is 0.0432. The van der Waals surface area contributed by atoms with E-state index in [1.54, 1.807) is 23.3 Å². The Hall–Kier alpha value is -1.43. The van der Waals surface area contributed by atoms with E-state index in [1.165, 1.54) is 0 Å². The molecular formula is C14H20N2O3S. The van der Waals surface area contributed by atoms with Gasteiger partial charge in [-0.05, 0) is 26.2 Å². The zero-order valence-corrected chi connectivity index (χ0v) is 12.7. The van der Waals surface area contributed by atoms with Crippen LogP contribution in [0.1, 0.15) is 36.4 Å². The fourth-order valence-electron chi connectivity index (χ4n) is 2.75. The minimum Gasteiger partial charge on any atom is -0.481 e. The summed E-state index contributed by atoms with van der Waals surface area (Å²) in [7, 11) is 1.77. The molecule has 110 valence electrons. The molecule has 5 nitrogen and oxygen atoms in total. The number of rotatable bonds is 4. The summed E-state index contributed by atoms with van der Waals surface area (Å²) in [6.45, 7) is 2.44. The molecule has 0 unspecified atom stereocenters. The molecule has 1 aromatic heterocycles. The number of carboxylic acid groups (broad SMARTS) is 1. The van der Waals surface area contributed by atoms with Gasteiger partial charge in [0.05, 0.1) is 23.2 Å². The summed E-state index contributed by atoms with van der Waals surface area (Å²) < 4.78 is 0. The van der Waals surface area contributed by atoms with Crippen LogP contribution < -0.4 is 0 Å². The first-order valence-corrected chi connectivity index (χ1v) is 7.74. The van der Waals surface area contributed by atoms with Crippen molar-refractivity contribution in [2.24, 2.45) is 11.8 Å². The number of carbonyl (C=O) groups is 2. The first-order chi connectivity index (χ1) is 9.47. The lowest BCUT2D eigenvalue weighted by Crippen LogP contribution is -2.36. The van der Waals surface area contributed by atoms with Crippen molar-refractivity contribution in [3.63, 3.8) is 0 Å². The zero-order valence-electron chi connectivity index (χ0n) is 11.8. The quantitative estimate of drug-likeness (QED) is 0.925. The molecule has 0 bridgehead atoms. The summed E-state index contributed by atoms with van der Waals surface area (Å²) in [5, 5.41) is 12.0. The highest BCUT2D eigenvalue weighted by molar-refractivity contribution is 7.09. The third kappa shape index (κ3) is 3.56. The van der Waals surface area contributed by atoms with Crippen LogP contribution in [-0.4, -0.2) is 33.9 Å². The maximum Gasteiger partial charge on any atom is 0.306 e. The first kappa shape index (κ1) is 15.0. The molecule has 1 heterocycles. The van der Waals surface area contributed by atoms with Crippen molar-refractivity contribution in [1.29, 1.82) is 0 Å². The lowest BCUT2D eigenvalue weighted by Gasteiger charge is -2.29. The molecule has 1 saturated carbocycles. The number of aliphatic carboxylic acids is 1. The van der Waals surface area contributed by atoms with Gasteiger partial charge < -0.3 is 10.0 Å². The Labute approximate surface area is 122 Å². The van der Waals surface area contributed by atoms with Gasteiger partial charge in [0.25, 0.3) is 0 Å². The lowest BCUT2D eigenvalue weighted by molar-refractivity contribution is -0.145. The third-order valence-electron chi connectivity index (χ3n) is 3.81. The highest BCUT2D eigenvalue weighted by atomic mass is 32.1. The molecule has 0 aromatic carbocycles. The Morgan fingerprint density at radius 3 is 2.75 bits per heavy atom. The Morgan fingerprint density at radius 2 is 2.15 bits per heavy atom. The van der Waals surface area contributed by atoms with E-state index in [2.05, 4.69) is 4.98 Å². The van der Waals surface area contributed by atoms with E-state index in [0.29, 0.717) is 19.4 Å². The Kier molecular flexibility index (Phi) is 4.75. The molecule has 0 saturated heterocycles. The second-order valence-electron chi connectivity index (χ2n) is 5.45. The van der Waals surface area contributed by atoms with E-state index in [1.807, 2.05) is 12.3 Å². The maximum atomic E-state index is 12.4. The van der Waals surface area contributed by atoms with Crippen molar-refractivity contribution in [2.75, 3.05) is 7.05 Å². The van der Waals surface area contributed by atoms with Crippen LogP contribution in [-0.2, 0) is 16.1 Å². The maximum absolute atomic E-state index is 12.4. The molecule has 1 aromatic rings. The van der Waals surface area contributed by atoms with E-state index in [-0.39, 0.29) is 17.7 Å². The number of carboxylic acids is 1. The van der Waals surface area contributed by atoms with Crippen LogP contribution >= 0.6 is 11.3 Å². The van der Waals surface area contributed by atoms with Crippen LogP contribution in [0.5, 0.6) is 0 Å². The molecule has 2 atom stereocenters. The van der Waals surface area contributed by atoms with Crippen molar-refractivity contribution >= 4 is 23.2 Å². The summed E-state index contributed by atoms with van der Waals surface area (Å²) in [6, 6.07) is 0. The van der Waals surface area contributed by atoms with E-state index >= 15 is 0 Å². The summed E-state index contributed by atoms with van der Waals surface area (Å²) in [5.74, 6) is -1.26. The van der Waals surface area contributed by atoms with Crippen LogP contribution in [0.2, 0.25) is 0 Å². The smallest absolute Gasteiger partial charge is 0.306 e. The first-order valence-electron chi connectivity index (χ1n) is 6.86. The molecule has 1 amide bonds. The van der Waals surface area contributed by atoms with Crippen molar-refractivity contribution in [1.82, 2.24) is 9.88 Å². The van der Waals surface area contributed by atoms with Crippen molar-refractivity contribution < 1.29 is 14.7 Å². The van der Waals surface area contributed by atoms with Gasteiger partial charge in [-0.25, -0.2) is 4.98 Å². The number of aryl methyl sites for hydroxylation is 1. The molecule has 20 heavy (non-hydrogen) atoms. The van der Waals surface area contributed by atoms with Gasteiger partial charge in [-0.15, -0.1) is 11.3 Å². The average Bonchev–Trinajstić information content (AvgIpc) is 2.83. The molecule has 2 rings (SSSR count). The Bertz CT molecular complexity index is 500. The second kappa shape index (κ2) is 6.35. The van der Waals surface area contributed by atoms with Gasteiger partial charge in [0.1, 0.15) is 0 Å². The minimum atomic E-state index is -0.778. The number of aromatic nitrogens is 1. The van der Waals surface area contributed by atoms with Crippen LogP contribution in [0.3, 0.4) is 0 Å². The molecule has 1 fully saturated rings. The van der Waals surface area contributed by atoms with E-state index in [9.17, 15) is 9.59 Å². The van der Waals surface area contributed by atoms with Crippen LogP contribution in [0.4, 0.5) is 0 Å². The van der Waals surface area contributed by atoms with E-state index in [0.717, 1.165) is 23.5 Å². The van der Waals surface area contributed by atoms with E-state index in [4.69, 9.17) is 5.11 Å². The Morgan fingerprint density at radius 1 is 1.45 bits per heavy atom. The number of carbonyl (C=O) groups excluding carboxylic acids is 1. The fourth-order valence-corrected chi connectivity index (χ4v) is 3.36. The molecular weight excluding hydrogens is 276 g/mol. The molecule has 1 N–H and O–H groups in total. The highest BCUT2D eigenvalue weighted by Gasteiger charge is 2.32. The van der Waals surface area contributed by atoms with E-state index < -0.39 is 5.97 Å². The van der Waals surface area contributed by atoms with Crippen molar-refractivity contribution in [3.8, 4) is 0 Å². The topological polar surface area (TPSA) is 70.5 Å². The largest absolute Gasteiger partial charge is 0.481 e. The van der Waals surface area contributed by atoms with Crippen LogP contribution in [0.25, 0.3) is 0 Å². The number of amides is 1. The molecule has 0 radical (unpaired) electrons. The third-order valence-corrected chi connectivity index (χ3v) is 4.64. The summed E-state index contributed by atoms with van der Waals surface area (Å²) in [4.78, 5) is 29.5. The van der Waals surface area contributed by atoms with Crippen LogP contribution in [0, 0.1) is 18.8 Å². The zero-order chi connectivity index (χ0) is 14.7. The fraction of sp³-hybridized carbons (Fsp3) is 0.643. The molecule has 1 aliphatic carbocycles. The van der Waals surface area contributed by atoms with Gasteiger partial charge in [-0.1, -0.05) is 6.42 Å². The van der Waals surface area contributed by atoms with Crippen molar-refractivity contribution in [3.05, 3.63) is 16.1 Å². The average molecular weight is 296 g/mol. The van der Waals surface area contributed by atoms with Gasteiger partial charge in [-0.2, -0.15) is 0 Å². The summed E-state index contributed by atoms with van der Waals surface area (Å²) in [5.41, 5.74) is 0.897. The Balaban J connectivity index is 1.94. The highest BCUT2D eigenvalue weighted by Crippen LogP contribution is 2.30. The molecule has 1 aliphatic rings.